The van der Waals surface area contributed by atoms with Gasteiger partial charge < -0.3 is 15.2 Å². The summed E-state index contributed by atoms with van der Waals surface area (Å²) in [7, 11) is 0. The van der Waals surface area contributed by atoms with Gasteiger partial charge in [0.25, 0.3) is 5.91 Å². The number of thiazole rings is 1. The van der Waals surface area contributed by atoms with Crippen LogP contribution in [0.15, 0.2) is 54.6 Å². The number of aliphatic hydroxyl groups is 1. The molecule has 1 amide bonds. The SMILES string of the molecule is O=C(OCC(=O)N(Cc1ccccc1)c1nc2c(s1)CCCC2)c1ccccc1NCCO. The zero-order chi connectivity index (χ0) is 23.0. The summed E-state index contributed by atoms with van der Waals surface area (Å²) in [6.07, 6.45) is 4.19. The number of carbonyl (C=O) groups is 2. The molecule has 7 nitrogen and oxygen atoms in total. The van der Waals surface area contributed by atoms with Gasteiger partial charge in [-0.2, -0.15) is 0 Å². The summed E-state index contributed by atoms with van der Waals surface area (Å²) in [6.45, 7) is 0.222. The number of carbonyl (C=O) groups excluding carboxylic acids is 2. The van der Waals surface area contributed by atoms with Crippen LogP contribution in [0.4, 0.5) is 10.8 Å². The maximum atomic E-state index is 13.2. The summed E-state index contributed by atoms with van der Waals surface area (Å²) >= 11 is 1.55. The molecule has 0 saturated carbocycles. The number of rotatable bonds is 9. The van der Waals surface area contributed by atoms with Crippen molar-refractivity contribution in [3.05, 3.63) is 76.3 Å². The number of aliphatic hydroxyl groups excluding tert-OH is 1. The molecule has 0 bridgehead atoms. The van der Waals surface area contributed by atoms with E-state index in [1.807, 2.05) is 30.3 Å². The number of hydrogen-bond acceptors (Lipinski definition) is 7. The monoisotopic (exact) mass is 465 g/mol. The van der Waals surface area contributed by atoms with Crippen molar-refractivity contribution in [2.24, 2.45) is 0 Å². The summed E-state index contributed by atoms with van der Waals surface area (Å²) in [6, 6.07) is 16.6. The van der Waals surface area contributed by atoms with E-state index in [0.29, 0.717) is 29.5 Å². The lowest BCUT2D eigenvalue weighted by molar-refractivity contribution is -0.121. The number of aryl methyl sites for hydroxylation is 2. The Hall–Kier alpha value is -3.23. The molecule has 1 aromatic heterocycles. The lowest BCUT2D eigenvalue weighted by atomic mass is 10.0. The highest BCUT2D eigenvalue weighted by molar-refractivity contribution is 7.15. The number of esters is 1. The second kappa shape index (κ2) is 11.1. The fraction of sp³-hybridized carbons (Fsp3) is 0.320. The fourth-order valence-corrected chi connectivity index (χ4v) is 4.94. The van der Waals surface area contributed by atoms with Gasteiger partial charge in [0.2, 0.25) is 0 Å². The minimum atomic E-state index is -0.595. The Bertz CT molecular complexity index is 1080. The van der Waals surface area contributed by atoms with Gasteiger partial charge in [0, 0.05) is 17.1 Å². The summed E-state index contributed by atoms with van der Waals surface area (Å²) in [5.74, 6) is -0.915. The average molecular weight is 466 g/mol. The zero-order valence-electron chi connectivity index (χ0n) is 18.3. The van der Waals surface area contributed by atoms with Gasteiger partial charge in [0.15, 0.2) is 11.7 Å². The van der Waals surface area contributed by atoms with Crippen LogP contribution in [0.2, 0.25) is 0 Å². The number of aromatic nitrogens is 1. The smallest absolute Gasteiger partial charge is 0.340 e. The van der Waals surface area contributed by atoms with Gasteiger partial charge in [0.05, 0.1) is 24.4 Å². The van der Waals surface area contributed by atoms with E-state index < -0.39 is 5.97 Å². The second-order valence-electron chi connectivity index (χ2n) is 7.81. The van der Waals surface area contributed by atoms with E-state index in [-0.39, 0.29) is 19.1 Å². The van der Waals surface area contributed by atoms with E-state index in [1.165, 1.54) is 4.88 Å². The van der Waals surface area contributed by atoms with Gasteiger partial charge in [0.1, 0.15) is 0 Å². The molecule has 1 aliphatic rings. The molecule has 8 heteroatoms. The highest BCUT2D eigenvalue weighted by Gasteiger charge is 2.25. The standard InChI is InChI=1S/C25H27N3O4S/c29-15-14-26-20-11-5-4-10-19(20)24(31)32-17-23(30)28(16-18-8-2-1-3-9-18)25-27-21-12-6-7-13-22(21)33-25/h1-5,8-11,26,29H,6-7,12-17H2. The van der Waals surface area contributed by atoms with E-state index in [9.17, 15) is 9.59 Å². The number of nitrogens with one attached hydrogen (secondary N) is 1. The second-order valence-corrected chi connectivity index (χ2v) is 8.87. The molecule has 0 radical (unpaired) electrons. The molecule has 4 rings (SSSR count). The number of anilines is 2. The summed E-state index contributed by atoms with van der Waals surface area (Å²) in [4.78, 5) is 33.5. The van der Waals surface area contributed by atoms with Gasteiger partial charge in [-0.3, -0.25) is 9.69 Å². The molecule has 0 saturated heterocycles. The van der Waals surface area contributed by atoms with Crippen molar-refractivity contribution in [3.63, 3.8) is 0 Å². The van der Waals surface area contributed by atoms with Crippen molar-refractivity contribution in [3.8, 4) is 0 Å². The maximum Gasteiger partial charge on any atom is 0.340 e. The normalized spacial score (nSPS) is 12.6. The third-order valence-electron chi connectivity index (χ3n) is 5.45. The lowest BCUT2D eigenvalue weighted by Gasteiger charge is -2.20. The average Bonchev–Trinajstić information content (AvgIpc) is 3.29. The van der Waals surface area contributed by atoms with Crippen LogP contribution >= 0.6 is 11.3 Å². The molecule has 0 fully saturated rings. The molecule has 1 aliphatic carbocycles. The van der Waals surface area contributed by atoms with Crippen LogP contribution in [0.5, 0.6) is 0 Å². The van der Waals surface area contributed by atoms with Crippen LogP contribution in [0.1, 0.15) is 39.3 Å². The number of nitrogens with zero attached hydrogens (tertiary/aromatic N) is 2. The van der Waals surface area contributed by atoms with E-state index in [4.69, 9.17) is 14.8 Å². The summed E-state index contributed by atoms with van der Waals surface area (Å²) in [5, 5.41) is 12.7. The van der Waals surface area contributed by atoms with Gasteiger partial charge in [-0.1, -0.05) is 42.5 Å². The molecule has 0 atom stereocenters. The molecule has 2 N–H and O–H groups in total. The van der Waals surface area contributed by atoms with Crippen molar-refractivity contribution >= 4 is 34.0 Å². The van der Waals surface area contributed by atoms with Crippen LogP contribution in [0, 0.1) is 0 Å². The van der Waals surface area contributed by atoms with Gasteiger partial charge in [-0.15, -0.1) is 11.3 Å². The number of fused-ring (bicyclic) bond motifs is 1. The summed E-state index contributed by atoms with van der Waals surface area (Å²) in [5.41, 5.74) is 2.92. The number of amides is 1. The first kappa shape index (κ1) is 22.9. The van der Waals surface area contributed by atoms with Gasteiger partial charge >= 0.3 is 5.97 Å². The van der Waals surface area contributed by atoms with Crippen LogP contribution in [-0.4, -0.2) is 41.7 Å². The Labute approximate surface area is 197 Å². The van der Waals surface area contributed by atoms with Crippen LogP contribution in [0.25, 0.3) is 0 Å². The Balaban J connectivity index is 1.50. The number of para-hydroxylation sites is 1. The topological polar surface area (TPSA) is 91.8 Å². The third kappa shape index (κ3) is 5.77. The fourth-order valence-electron chi connectivity index (χ4n) is 3.77. The van der Waals surface area contributed by atoms with E-state index in [1.54, 1.807) is 40.5 Å². The van der Waals surface area contributed by atoms with E-state index >= 15 is 0 Å². The Morgan fingerprint density at radius 2 is 1.82 bits per heavy atom. The van der Waals surface area contributed by atoms with Crippen LogP contribution in [-0.2, 0) is 28.9 Å². The third-order valence-corrected chi connectivity index (χ3v) is 6.63. The van der Waals surface area contributed by atoms with Crippen molar-refractivity contribution in [2.45, 2.75) is 32.2 Å². The van der Waals surface area contributed by atoms with E-state index in [2.05, 4.69) is 5.32 Å². The molecule has 1 heterocycles. The molecular weight excluding hydrogens is 438 g/mol. The Kier molecular flexibility index (Phi) is 7.70. The minimum absolute atomic E-state index is 0.0614. The molecule has 2 aromatic carbocycles. The predicted octanol–water partition coefficient (Wildman–Crippen LogP) is 3.82. The first-order valence-corrected chi connectivity index (χ1v) is 11.9. The Morgan fingerprint density at radius 1 is 1.06 bits per heavy atom. The molecule has 33 heavy (non-hydrogen) atoms. The number of hydrogen-bond donors (Lipinski definition) is 2. The number of benzene rings is 2. The predicted molar refractivity (Wildman–Crippen MR) is 129 cm³/mol. The number of ether oxygens (including phenoxy) is 1. The first-order valence-electron chi connectivity index (χ1n) is 11.1. The molecular formula is C25H27N3O4S. The zero-order valence-corrected chi connectivity index (χ0v) is 19.1. The van der Waals surface area contributed by atoms with Crippen LogP contribution in [0.3, 0.4) is 0 Å². The van der Waals surface area contributed by atoms with Crippen molar-refractivity contribution in [1.82, 2.24) is 4.98 Å². The highest BCUT2D eigenvalue weighted by Crippen LogP contribution is 2.32. The van der Waals surface area contributed by atoms with Gasteiger partial charge in [-0.05, 0) is 43.4 Å². The molecule has 0 unspecified atom stereocenters. The quantitative estimate of drug-likeness (QED) is 0.467. The van der Waals surface area contributed by atoms with Crippen molar-refractivity contribution in [2.75, 3.05) is 30.0 Å². The van der Waals surface area contributed by atoms with Crippen LogP contribution < -0.4 is 10.2 Å². The largest absolute Gasteiger partial charge is 0.452 e. The molecule has 0 aliphatic heterocycles. The maximum absolute atomic E-state index is 13.2. The molecule has 172 valence electrons. The minimum Gasteiger partial charge on any atom is -0.452 e. The first-order chi connectivity index (χ1) is 16.2. The Morgan fingerprint density at radius 3 is 2.61 bits per heavy atom. The van der Waals surface area contributed by atoms with E-state index in [0.717, 1.165) is 36.9 Å². The van der Waals surface area contributed by atoms with Crippen molar-refractivity contribution < 1.29 is 19.4 Å². The van der Waals surface area contributed by atoms with Crippen molar-refractivity contribution in [1.29, 1.82) is 0 Å². The summed E-state index contributed by atoms with van der Waals surface area (Å²) < 4.78 is 5.40. The molecule has 3 aromatic rings. The highest BCUT2D eigenvalue weighted by atomic mass is 32.1. The molecule has 0 spiro atoms. The lowest BCUT2D eigenvalue weighted by Crippen LogP contribution is -2.34. The van der Waals surface area contributed by atoms with Gasteiger partial charge in [-0.25, -0.2) is 9.78 Å².